The summed E-state index contributed by atoms with van der Waals surface area (Å²) < 4.78 is 0. The Hall–Kier alpha value is -2.73. The maximum absolute atomic E-state index is 13.3. The van der Waals surface area contributed by atoms with Crippen LogP contribution in [0, 0.1) is 13.8 Å². The summed E-state index contributed by atoms with van der Waals surface area (Å²) in [7, 11) is 0. The predicted octanol–water partition coefficient (Wildman–Crippen LogP) is 7.12. The predicted molar refractivity (Wildman–Crippen MR) is 131 cm³/mol. The molecule has 0 spiro atoms. The van der Waals surface area contributed by atoms with Gasteiger partial charge in [-0.1, -0.05) is 58.6 Å². The second-order valence-electron chi connectivity index (χ2n) is 7.15. The molecule has 1 aliphatic rings. The molecule has 0 aromatic heterocycles. The molecule has 4 nitrogen and oxygen atoms in total. The number of aryl methyl sites for hydroxylation is 2. The van der Waals surface area contributed by atoms with E-state index in [9.17, 15) is 9.90 Å². The number of hydrogen-bond donors (Lipinski definition) is 1. The van der Waals surface area contributed by atoms with Crippen LogP contribution < -0.4 is 4.90 Å². The summed E-state index contributed by atoms with van der Waals surface area (Å²) >= 11 is 13.4. The molecule has 1 aliphatic heterocycles. The average molecular weight is 469 g/mol. The standard InChI is InChI=1S/C24H18Cl2N2O2S/c1-14-3-7-17(8-4-14)27-24-28(18-9-5-15(2)6-10-18)23(30)21(31-24)13-16-11-19(25)22(29)20(26)12-16/h3-13,29H,1-2H3. The minimum atomic E-state index is -0.194. The van der Waals surface area contributed by atoms with E-state index in [0.717, 1.165) is 22.5 Å². The summed E-state index contributed by atoms with van der Waals surface area (Å²) in [6, 6.07) is 18.6. The van der Waals surface area contributed by atoms with Gasteiger partial charge in [0.15, 0.2) is 10.9 Å². The van der Waals surface area contributed by atoms with E-state index < -0.39 is 0 Å². The zero-order valence-electron chi connectivity index (χ0n) is 16.8. The number of anilines is 1. The summed E-state index contributed by atoms with van der Waals surface area (Å²) in [6.45, 7) is 4.01. The number of carbonyl (C=O) groups is 1. The SMILES string of the molecule is Cc1ccc(N=C2SC(=Cc3cc(Cl)c(O)c(Cl)c3)C(=O)N2c2ccc(C)cc2)cc1. The number of amides is 1. The second-order valence-corrected chi connectivity index (χ2v) is 8.97. The highest BCUT2D eigenvalue weighted by atomic mass is 35.5. The van der Waals surface area contributed by atoms with E-state index in [1.54, 1.807) is 23.1 Å². The van der Waals surface area contributed by atoms with Crippen LogP contribution >= 0.6 is 35.0 Å². The molecular formula is C24H18Cl2N2O2S. The van der Waals surface area contributed by atoms with Gasteiger partial charge in [-0.05, 0) is 73.6 Å². The van der Waals surface area contributed by atoms with Crippen molar-refractivity contribution in [3.63, 3.8) is 0 Å². The highest BCUT2D eigenvalue weighted by Crippen LogP contribution is 2.39. The van der Waals surface area contributed by atoms with Crippen LogP contribution in [0.15, 0.2) is 70.6 Å². The third-order valence-corrected chi connectivity index (χ3v) is 6.24. The Balaban J connectivity index is 1.78. The molecule has 1 N–H and O–H groups in total. The second kappa shape index (κ2) is 8.79. The van der Waals surface area contributed by atoms with Gasteiger partial charge in [-0.15, -0.1) is 0 Å². The summed E-state index contributed by atoms with van der Waals surface area (Å²) in [5, 5.41) is 10.6. The highest BCUT2D eigenvalue weighted by molar-refractivity contribution is 8.19. The van der Waals surface area contributed by atoms with Gasteiger partial charge in [0, 0.05) is 0 Å². The fourth-order valence-corrected chi connectivity index (χ4v) is 4.52. The molecule has 0 saturated carbocycles. The fraction of sp³-hybridized carbons (Fsp3) is 0.0833. The van der Waals surface area contributed by atoms with Crippen LogP contribution in [0.5, 0.6) is 5.75 Å². The molecule has 1 saturated heterocycles. The van der Waals surface area contributed by atoms with Crippen LogP contribution in [-0.2, 0) is 4.79 Å². The first-order valence-electron chi connectivity index (χ1n) is 9.46. The number of amidine groups is 1. The van der Waals surface area contributed by atoms with Crippen molar-refractivity contribution in [3.8, 4) is 5.75 Å². The number of hydrogen-bond acceptors (Lipinski definition) is 4. The van der Waals surface area contributed by atoms with Gasteiger partial charge < -0.3 is 5.11 Å². The number of carbonyl (C=O) groups excluding carboxylic acids is 1. The third-order valence-electron chi connectivity index (χ3n) is 4.69. The summed E-state index contributed by atoms with van der Waals surface area (Å²) in [6.07, 6.45) is 1.70. The topological polar surface area (TPSA) is 52.9 Å². The average Bonchev–Trinajstić information content (AvgIpc) is 3.03. The van der Waals surface area contributed by atoms with Crippen LogP contribution in [0.3, 0.4) is 0 Å². The van der Waals surface area contributed by atoms with Gasteiger partial charge in [-0.2, -0.15) is 0 Å². The molecule has 0 unspecified atom stereocenters. The summed E-state index contributed by atoms with van der Waals surface area (Å²) in [4.78, 5) is 20.1. The molecule has 0 bridgehead atoms. The molecule has 0 aliphatic carbocycles. The molecular weight excluding hydrogens is 451 g/mol. The first-order valence-corrected chi connectivity index (χ1v) is 11.0. The third kappa shape index (κ3) is 4.64. The number of nitrogens with zero attached hydrogens (tertiary/aromatic N) is 2. The smallest absolute Gasteiger partial charge is 0.271 e. The number of rotatable bonds is 3. The van der Waals surface area contributed by atoms with Gasteiger partial charge in [0.1, 0.15) is 0 Å². The van der Waals surface area contributed by atoms with Gasteiger partial charge in [-0.3, -0.25) is 9.69 Å². The van der Waals surface area contributed by atoms with Crippen LogP contribution in [0.1, 0.15) is 16.7 Å². The molecule has 1 fully saturated rings. The number of phenols is 1. The van der Waals surface area contributed by atoms with Crippen LogP contribution in [0.2, 0.25) is 10.0 Å². The van der Waals surface area contributed by atoms with Crippen molar-refractivity contribution in [3.05, 3.63) is 92.3 Å². The van der Waals surface area contributed by atoms with E-state index in [2.05, 4.69) is 0 Å². The summed E-state index contributed by atoms with van der Waals surface area (Å²) in [5.41, 5.74) is 4.35. The van der Waals surface area contributed by atoms with Crippen molar-refractivity contribution in [1.82, 2.24) is 0 Å². The molecule has 31 heavy (non-hydrogen) atoms. The number of thioether (sulfide) groups is 1. The zero-order chi connectivity index (χ0) is 22.1. The van der Waals surface area contributed by atoms with E-state index in [4.69, 9.17) is 28.2 Å². The van der Waals surface area contributed by atoms with Crippen molar-refractivity contribution < 1.29 is 9.90 Å². The Morgan fingerprint density at radius 3 is 2.06 bits per heavy atom. The van der Waals surface area contributed by atoms with Crippen LogP contribution in [0.25, 0.3) is 6.08 Å². The fourth-order valence-electron chi connectivity index (χ4n) is 3.02. The van der Waals surface area contributed by atoms with Crippen LogP contribution in [-0.4, -0.2) is 16.2 Å². The Kier molecular flexibility index (Phi) is 6.10. The number of benzene rings is 3. The molecule has 0 radical (unpaired) electrons. The number of aromatic hydroxyl groups is 1. The molecule has 3 aromatic rings. The normalized spacial score (nSPS) is 16.5. The van der Waals surface area contributed by atoms with E-state index in [1.807, 2.05) is 62.4 Å². The van der Waals surface area contributed by atoms with Crippen LogP contribution in [0.4, 0.5) is 11.4 Å². The van der Waals surface area contributed by atoms with E-state index in [0.29, 0.717) is 15.6 Å². The molecule has 1 amide bonds. The lowest BCUT2D eigenvalue weighted by molar-refractivity contribution is -0.113. The monoisotopic (exact) mass is 468 g/mol. The van der Waals surface area contributed by atoms with Crippen molar-refractivity contribution in [1.29, 1.82) is 0 Å². The van der Waals surface area contributed by atoms with Gasteiger partial charge in [-0.25, -0.2) is 4.99 Å². The zero-order valence-corrected chi connectivity index (χ0v) is 19.1. The van der Waals surface area contributed by atoms with Gasteiger partial charge in [0.2, 0.25) is 0 Å². The minimum absolute atomic E-state index is 0.124. The molecule has 1 heterocycles. The summed E-state index contributed by atoms with van der Waals surface area (Å²) in [5.74, 6) is -0.376. The van der Waals surface area contributed by atoms with Crippen molar-refractivity contribution in [2.24, 2.45) is 4.99 Å². The molecule has 156 valence electrons. The molecule has 4 rings (SSSR count). The van der Waals surface area contributed by atoms with E-state index >= 15 is 0 Å². The lowest BCUT2D eigenvalue weighted by atomic mass is 10.2. The maximum Gasteiger partial charge on any atom is 0.271 e. The Morgan fingerprint density at radius 1 is 0.935 bits per heavy atom. The Bertz CT molecular complexity index is 1200. The number of aliphatic imine (C=N–C) groups is 1. The van der Waals surface area contributed by atoms with Gasteiger partial charge >= 0.3 is 0 Å². The van der Waals surface area contributed by atoms with Gasteiger partial charge in [0.05, 0.1) is 26.3 Å². The minimum Gasteiger partial charge on any atom is -0.505 e. The van der Waals surface area contributed by atoms with E-state index in [1.165, 1.54) is 11.8 Å². The van der Waals surface area contributed by atoms with E-state index in [-0.39, 0.29) is 21.7 Å². The number of phenolic OH excluding ortho intramolecular Hbond substituents is 1. The van der Waals surface area contributed by atoms with Crippen molar-refractivity contribution in [2.75, 3.05) is 4.90 Å². The quantitative estimate of drug-likeness (QED) is 0.416. The first kappa shape index (κ1) is 21.5. The number of halogens is 2. The Morgan fingerprint density at radius 2 is 1.48 bits per heavy atom. The van der Waals surface area contributed by atoms with Gasteiger partial charge in [0.25, 0.3) is 5.91 Å². The molecule has 3 aromatic carbocycles. The van der Waals surface area contributed by atoms with Crippen molar-refractivity contribution >= 4 is 63.5 Å². The van der Waals surface area contributed by atoms with Crippen molar-refractivity contribution in [2.45, 2.75) is 13.8 Å². The Labute approximate surface area is 194 Å². The maximum atomic E-state index is 13.3. The highest BCUT2D eigenvalue weighted by Gasteiger charge is 2.34. The molecule has 7 heteroatoms. The first-order chi connectivity index (χ1) is 14.8. The lowest BCUT2D eigenvalue weighted by Crippen LogP contribution is -2.28. The molecule has 0 atom stereocenters. The largest absolute Gasteiger partial charge is 0.505 e. The lowest BCUT2D eigenvalue weighted by Gasteiger charge is -2.16.